The van der Waals surface area contributed by atoms with E-state index in [0.717, 1.165) is 20.9 Å². The number of para-hydroxylation sites is 1. The molecule has 0 bridgehead atoms. The van der Waals surface area contributed by atoms with Gasteiger partial charge in [-0.3, -0.25) is 0 Å². The molecule has 0 aromatic heterocycles. The first-order valence-corrected chi connectivity index (χ1v) is 8.45. The minimum Gasteiger partial charge on any atom is -0.456 e. The zero-order valence-corrected chi connectivity index (χ0v) is 14.2. The van der Waals surface area contributed by atoms with Crippen molar-refractivity contribution in [2.75, 3.05) is 13.3 Å². The van der Waals surface area contributed by atoms with Crippen LogP contribution in [0.5, 0.6) is 11.5 Å². The highest BCUT2D eigenvalue weighted by molar-refractivity contribution is 9.10. The van der Waals surface area contributed by atoms with Crippen LogP contribution in [0.25, 0.3) is 0 Å². The second-order valence-electron chi connectivity index (χ2n) is 4.45. The van der Waals surface area contributed by atoms with Gasteiger partial charge in [0.05, 0.1) is 0 Å². The number of halogens is 1. The predicted molar refractivity (Wildman–Crippen MR) is 89.9 cm³/mol. The molecule has 0 radical (unpaired) electrons. The van der Waals surface area contributed by atoms with E-state index >= 15 is 0 Å². The Morgan fingerprint density at radius 3 is 2.60 bits per heavy atom. The Kier molecular flexibility index (Phi) is 5.52. The molecule has 0 amide bonds. The van der Waals surface area contributed by atoms with Crippen LogP contribution in [0.1, 0.15) is 18.5 Å². The molecule has 2 aromatic carbocycles. The number of hydrogen-bond acceptors (Lipinski definition) is 3. The van der Waals surface area contributed by atoms with Crippen LogP contribution in [-0.4, -0.2) is 13.3 Å². The molecule has 0 aliphatic rings. The van der Waals surface area contributed by atoms with Crippen molar-refractivity contribution in [1.29, 1.82) is 0 Å². The molecule has 106 valence electrons. The number of benzene rings is 2. The van der Waals surface area contributed by atoms with Gasteiger partial charge in [0.15, 0.2) is 0 Å². The second-order valence-corrected chi connectivity index (χ2v) is 6.15. The fraction of sp³-hybridized carbons (Fsp3) is 0.250. The van der Waals surface area contributed by atoms with Gasteiger partial charge in [0.1, 0.15) is 11.5 Å². The first-order valence-electron chi connectivity index (χ1n) is 6.43. The van der Waals surface area contributed by atoms with Crippen LogP contribution in [0.2, 0.25) is 0 Å². The van der Waals surface area contributed by atoms with E-state index in [2.05, 4.69) is 46.6 Å². The summed E-state index contributed by atoms with van der Waals surface area (Å²) in [6.07, 6.45) is 2.05. The highest BCUT2D eigenvalue weighted by Gasteiger charge is 2.09. The number of ether oxygens (including phenoxy) is 1. The number of hydrogen-bond donors (Lipinski definition) is 1. The molecular weight excluding hydrogens is 334 g/mol. The summed E-state index contributed by atoms with van der Waals surface area (Å²) in [4.78, 5) is 1.14. The average molecular weight is 352 g/mol. The zero-order chi connectivity index (χ0) is 14.5. The maximum atomic E-state index is 5.98. The van der Waals surface area contributed by atoms with Crippen LogP contribution in [0.3, 0.4) is 0 Å². The van der Waals surface area contributed by atoms with Crippen molar-refractivity contribution in [1.82, 2.24) is 5.32 Å². The molecule has 0 saturated heterocycles. The summed E-state index contributed by atoms with van der Waals surface area (Å²) < 4.78 is 7.03. The highest BCUT2D eigenvalue weighted by Crippen LogP contribution is 2.34. The molecule has 0 aliphatic carbocycles. The summed E-state index contributed by atoms with van der Waals surface area (Å²) in [5.41, 5.74) is 1.22. The van der Waals surface area contributed by atoms with E-state index in [-0.39, 0.29) is 0 Å². The molecular formula is C16H18BrNOS. The lowest BCUT2D eigenvalue weighted by Crippen LogP contribution is -2.12. The topological polar surface area (TPSA) is 21.3 Å². The van der Waals surface area contributed by atoms with Crippen molar-refractivity contribution in [2.45, 2.75) is 17.9 Å². The van der Waals surface area contributed by atoms with Gasteiger partial charge >= 0.3 is 0 Å². The van der Waals surface area contributed by atoms with Crippen molar-refractivity contribution in [3.63, 3.8) is 0 Å². The smallest absolute Gasteiger partial charge is 0.140 e. The van der Waals surface area contributed by atoms with E-state index in [1.807, 2.05) is 37.4 Å². The lowest BCUT2D eigenvalue weighted by Gasteiger charge is -2.15. The van der Waals surface area contributed by atoms with E-state index in [4.69, 9.17) is 4.74 Å². The maximum Gasteiger partial charge on any atom is 0.140 e. The van der Waals surface area contributed by atoms with Crippen LogP contribution < -0.4 is 10.1 Å². The number of nitrogens with one attached hydrogen (secondary N) is 1. The van der Waals surface area contributed by atoms with E-state index in [9.17, 15) is 0 Å². The average Bonchev–Trinajstić information content (AvgIpc) is 2.47. The Labute approximate surface area is 133 Å². The first kappa shape index (κ1) is 15.4. The first-order chi connectivity index (χ1) is 9.65. The van der Waals surface area contributed by atoms with Crippen molar-refractivity contribution in [3.8, 4) is 11.5 Å². The van der Waals surface area contributed by atoms with Gasteiger partial charge in [0, 0.05) is 15.4 Å². The Morgan fingerprint density at radius 1 is 1.20 bits per heavy atom. The van der Waals surface area contributed by atoms with E-state index < -0.39 is 0 Å². The highest BCUT2D eigenvalue weighted by atomic mass is 79.9. The van der Waals surface area contributed by atoms with Crippen LogP contribution in [0.15, 0.2) is 51.8 Å². The van der Waals surface area contributed by atoms with E-state index in [0.29, 0.717) is 6.04 Å². The Balaban J connectivity index is 2.24. The molecule has 1 N–H and O–H groups in total. The van der Waals surface area contributed by atoms with Gasteiger partial charge in [-0.1, -0.05) is 34.1 Å². The fourth-order valence-corrected chi connectivity index (χ4v) is 3.13. The molecule has 0 heterocycles. The molecule has 0 spiro atoms. The molecule has 2 nitrogen and oxygen atoms in total. The van der Waals surface area contributed by atoms with Crippen LogP contribution in [0.4, 0.5) is 0 Å². The largest absolute Gasteiger partial charge is 0.456 e. The summed E-state index contributed by atoms with van der Waals surface area (Å²) >= 11 is 5.30. The van der Waals surface area contributed by atoms with Crippen molar-refractivity contribution in [3.05, 3.63) is 52.5 Å². The summed E-state index contributed by atoms with van der Waals surface area (Å²) in [5, 5.41) is 3.24. The van der Waals surface area contributed by atoms with Crippen LogP contribution >= 0.6 is 27.7 Å². The predicted octanol–water partition coefficient (Wildman–Crippen LogP) is 5.24. The monoisotopic (exact) mass is 351 g/mol. The molecule has 2 rings (SSSR count). The van der Waals surface area contributed by atoms with Gasteiger partial charge in [-0.15, -0.1) is 11.8 Å². The van der Waals surface area contributed by atoms with Crippen LogP contribution in [-0.2, 0) is 0 Å². The molecule has 0 saturated carbocycles. The third-order valence-corrected chi connectivity index (χ3v) is 4.63. The SMILES string of the molecule is CNC(C)c1ccc(Oc2ccccc2SC)cc1Br. The van der Waals surface area contributed by atoms with Crippen LogP contribution in [0, 0.1) is 0 Å². The number of thioether (sulfide) groups is 1. The molecule has 4 heteroatoms. The molecule has 0 fully saturated rings. The molecule has 20 heavy (non-hydrogen) atoms. The Bertz CT molecular complexity index is 588. The Morgan fingerprint density at radius 2 is 1.95 bits per heavy atom. The van der Waals surface area contributed by atoms with E-state index in [1.54, 1.807) is 11.8 Å². The normalized spacial score (nSPS) is 12.2. The van der Waals surface area contributed by atoms with Gasteiger partial charge in [-0.25, -0.2) is 0 Å². The quantitative estimate of drug-likeness (QED) is 0.743. The van der Waals surface area contributed by atoms with Gasteiger partial charge in [0.25, 0.3) is 0 Å². The summed E-state index contributed by atoms with van der Waals surface area (Å²) in [6, 6.07) is 14.5. The maximum absolute atomic E-state index is 5.98. The minimum absolute atomic E-state index is 0.303. The molecule has 1 atom stereocenters. The number of rotatable bonds is 5. The van der Waals surface area contributed by atoms with E-state index in [1.165, 1.54) is 5.56 Å². The van der Waals surface area contributed by atoms with Crippen molar-refractivity contribution >= 4 is 27.7 Å². The summed E-state index contributed by atoms with van der Waals surface area (Å²) in [6.45, 7) is 2.13. The second kappa shape index (κ2) is 7.16. The molecule has 0 aliphatic heterocycles. The minimum atomic E-state index is 0.303. The molecule has 1 unspecified atom stereocenters. The standard InChI is InChI=1S/C16H18BrNOS/c1-11(18-2)13-9-8-12(10-14(13)17)19-15-6-4-5-7-16(15)20-3/h4-11,18H,1-3H3. The van der Waals surface area contributed by atoms with Gasteiger partial charge in [0.2, 0.25) is 0 Å². The van der Waals surface area contributed by atoms with Gasteiger partial charge in [-0.2, -0.15) is 0 Å². The summed E-state index contributed by atoms with van der Waals surface area (Å²) in [7, 11) is 1.95. The third kappa shape index (κ3) is 3.57. The van der Waals surface area contributed by atoms with Crippen molar-refractivity contribution in [2.24, 2.45) is 0 Å². The fourth-order valence-electron chi connectivity index (χ4n) is 1.91. The molecule has 2 aromatic rings. The lowest BCUT2D eigenvalue weighted by atomic mass is 10.1. The van der Waals surface area contributed by atoms with Gasteiger partial charge < -0.3 is 10.1 Å². The lowest BCUT2D eigenvalue weighted by molar-refractivity contribution is 0.470. The van der Waals surface area contributed by atoms with Gasteiger partial charge in [-0.05, 0) is 50.1 Å². The zero-order valence-electron chi connectivity index (χ0n) is 11.8. The summed E-state index contributed by atoms with van der Waals surface area (Å²) in [5.74, 6) is 1.73. The Hall–Kier alpha value is -0.970. The van der Waals surface area contributed by atoms with Crippen molar-refractivity contribution < 1.29 is 4.74 Å². The third-order valence-electron chi connectivity index (χ3n) is 3.17.